The SMILES string of the molecule is CC1CCC[Se]1(C)I. The van der Waals surface area contributed by atoms with E-state index in [1.165, 1.54) is 12.8 Å². The summed E-state index contributed by atoms with van der Waals surface area (Å²) in [5.41, 5.74) is 0. The van der Waals surface area contributed by atoms with Crippen LogP contribution in [0.1, 0.15) is 19.8 Å². The average Bonchev–Trinajstić information content (AvgIpc) is 1.86. The fourth-order valence-electron chi connectivity index (χ4n) is 1.10. The second kappa shape index (κ2) is 2.47. The quantitative estimate of drug-likeness (QED) is 0.475. The summed E-state index contributed by atoms with van der Waals surface area (Å²) in [4.78, 5) is 1.10. The summed E-state index contributed by atoms with van der Waals surface area (Å²) in [6.45, 7) is 2.43. The predicted molar refractivity (Wildman–Crippen MR) is 49.1 cm³/mol. The fourth-order valence-corrected chi connectivity index (χ4v) is 7.80. The van der Waals surface area contributed by atoms with Gasteiger partial charge in [-0.25, -0.2) is 0 Å². The van der Waals surface area contributed by atoms with Crippen molar-refractivity contribution in [1.82, 2.24) is 0 Å². The van der Waals surface area contributed by atoms with Gasteiger partial charge in [-0.15, -0.1) is 0 Å². The van der Waals surface area contributed by atoms with Crippen molar-refractivity contribution in [3.63, 3.8) is 0 Å². The van der Waals surface area contributed by atoms with E-state index in [1.807, 2.05) is 0 Å². The maximum absolute atomic E-state index is 2.75. The Morgan fingerprint density at radius 2 is 2.25 bits per heavy atom. The molecule has 0 aliphatic carbocycles. The molecule has 0 radical (unpaired) electrons. The van der Waals surface area contributed by atoms with Crippen LogP contribution in [-0.2, 0) is 0 Å². The minimum absolute atomic E-state index is 0.836. The molecule has 1 heterocycles. The molecule has 2 atom stereocenters. The minimum atomic E-state index is -0.836. The van der Waals surface area contributed by atoms with E-state index in [0.29, 0.717) is 0 Å². The van der Waals surface area contributed by atoms with Crippen molar-refractivity contribution in [3.8, 4) is 0 Å². The van der Waals surface area contributed by atoms with Crippen LogP contribution in [0, 0.1) is 0 Å². The van der Waals surface area contributed by atoms with Crippen LogP contribution < -0.4 is 0 Å². The van der Waals surface area contributed by atoms with Gasteiger partial charge in [0.25, 0.3) is 0 Å². The summed E-state index contributed by atoms with van der Waals surface area (Å²) in [5, 5.41) is 1.58. The van der Waals surface area contributed by atoms with Gasteiger partial charge in [0.2, 0.25) is 0 Å². The van der Waals surface area contributed by atoms with Crippen LogP contribution in [0.2, 0.25) is 16.0 Å². The zero-order chi connectivity index (χ0) is 6.20. The topological polar surface area (TPSA) is 0 Å². The van der Waals surface area contributed by atoms with Crippen LogP contribution in [0.4, 0.5) is 0 Å². The molecule has 0 N–H and O–H groups in total. The van der Waals surface area contributed by atoms with Gasteiger partial charge >= 0.3 is 65.7 Å². The molecule has 2 heteroatoms. The van der Waals surface area contributed by atoms with E-state index in [0.717, 1.165) is 4.82 Å². The Hall–Kier alpha value is 1.25. The average molecular weight is 291 g/mol. The van der Waals surface area contributed by atoms with Crippen LogP contribution in [0.5, 0.6) is 0 Å². The van der Waals surface area contributed by atoms with Gasteiger partial charge in [-0.1, -0.05) is 0 Å². The number of rotatable bonds is 0. The zero-order valence-electron chi connectivity index (χ0n) is 5.48. The number of hydrogen-bond donors (Lipinski definition) is 0. The molecule has 1 aliphatic rings. The van der Waals surface area contributed by atoms with Gasteiger partial charge in [-0.05, 0) is 0 Å². The standard InChI is InChI=1S/C6H13ISe/c1-6-4-3-5-8(6,2)7/h6H,3-5H2,1-2H3. The first kappa shape index (κ1) is 7.36. The Balaban J connectivity index is 2.54. The maximum atomic E-state index is 2.75. The first-order valence-corrected chi connectivity index (χ1v) is 12.2. The molecule has 0 saturated carbocycles. The van der Waals surface area contributed by atoms with Crippen LogP contribution in [0.25, 0.3) is 0 Å². The van der Waals surface area contributed by atoms with E-state index in [1.54, 1.807) is 5.32 Å². The molecule has 0 bridgehead atoms. The van der Waals surface area contributed by atoms with Gasteiger partial charge in [-0.2, -0.15) is 0 Å². The number of hydrogen-bond acceptors (Lipinski definition) is 0. The van der Waals surface area contributed by atoms with Crippen molar-refractivity contribution in [2.45, 2.75) is 35.7 Å². The normalized spacial score (nSPS) is 55.6. The molecule has 8 heavy (non-hydrogen) atoms. The van der Waals surface area contributed by atoms with Gasteiger partial charge < -0.3 is 0 Å². The van der Waals surface area contributed by atoms with Crippen molar-refractivity contribution in [2.24, 2.45) is 0 Å². The second-order valence-electron chi connectivity index (χ2n) is 2.70. The monoisotopic (exact) mass is 292 g/mol. The van der Waals surface area contributed by atoms with Crippen LogP contribution in [-0.4, -0.2) is 9.60 Å². The summed E-state index contributed by atoms with van der Waals surface area (Å²) in [7, 11) is -0.836. The molecular formula is C6H13ISe. The van der Waals surface area contributed by atoms with Gasteiger partial charge in [0.05, 0.1) is 0 Å². The molecule has 1 rings (SSSR count). The molecular weight excluding hydrogens is 278 g/mol. The van der Waals surface area contributed by atoms with Crippen molar-refractivity contribution in [1.29, 1.82) is 0 Å². The fraction of sp³-hybridized carbons (Fsp3) is 1.00. The van der Waals surface area contributed by atoms with Crippen molar-refractivity contribution in [3.05, 3.63) is 0 Å². The summed E-state index contributed by atoms with van der Waals surface area (Å²) in [6.07, 6.45) is 3.03. The Bertz CT molecular complexity index is 90.5. The predicted octanol–water partition coefficient (Wildman–Crippen LogP) is 3.18. The summed E-state index contributed by atoms with van der Waals surface area (Å²) in [6, 6.07) is 0. The van der Waals surface area contributed by atoms with Gasteiger partial charge in [0.1, 0.15) is 0 Å². The van der Waals surface area contributed by atoms with Crippen molar-refractivity contribution < 1.29 is 0 Å². The van der Waals surface area contributed by atoms with E-state index >= 15 is 0 Å². The number of halogens is 1. The Kier molecular flexibility index (Phi) is 2.27. The Labute approximate surface area is 65.4 Å². The third kappa shape index (κ3) is 1.39. The molecule has 1 fully saturated rings. The van der Waals surface area contributed by atoms with Crippen LogP contribution in [0.3, 0.4) is 0 Å². The molecule has 0 aromatic rings. The molecule has 0 amide bonds. The molecule has 0 aromatic carbocycles. The third-order valence-corrected chi connectivity index (χ3v) is 15.1. The van der Waals surface area contributed by atoms with Gasteiger partial charge in [0.15, 0.2) is 0 Å². The van der Waals surface area contributed by atoms with E-state index in [4.69, 9.17) is 0 Å². The molecule has 0 spiro atoms. The molecule has 1 saturated heterocycles. The summed E-state index contributed by atoms with van der Waals surface area (Å²) in [5.74, 6) is 2.52. The zero-order valence-corrected chi connectivity index (χ0v) is 9.36. The molecule has 0 nitrogen and oxygen atoms in total. The molecule has 1 aliphatic heterocycles. The van der Waals surface area contributed by atoms with Crippen molar-refractivity contribution in [2.75, 3.05) is 0 Å². The molecule has 0 aromatic heterocycles. The third-order valence-electron chi connectivity index (χ3n) is 1.99. The van der Waals surface area contributed by atoms with E-state index in [2.05, 4.69) is 33.1 Å². The second-order valence-corrected chi connectivity index (χ2v) is 20.1. The Morgan fingerprint density at radius 3 is 2.38 bits per heavy atom. The first-order chi connectivity index (χ1) is 3.63. The van der Waals surface area contributed by atoms with E-state index in [-0.39, 0.29) is 0 Å². The van der Waals surface area contributed by atoms with Crippen LogP contribution >= 0.6 is 20.3 Å². The van der Waals surface area contributed by atoms with Gasteiger partial charge in [0, 0.05) is 0 Å². The van der Waals surface area contributed by atoms with Crippen LogP contribution in [0.15, 0.2) is 0 Å². The summed E-state index contributed by atoms with van der Waals surface area (Å²) >= 11 is 2.75. The molecule has 50 valence electrons. The summed E-state index contributed by atoms with van der Waals surface area (Å²) < 4.78 is 0. The van der Waals surface area contributed by atoms with E-state index < -0.39 is 9.60 Å². The first-order valence-electron chi connectivity index (χ1n) is 3.07. The van der Waals surface area contributed by atoms with E-state index in [9.17, 15) is 0 Å². The van der Waals surface area contributed by atoms with Gasteiger partial charge in [-0.3, -0.25) is 0 Å². The Morgan fingerprint density at radius 1 is 1.62 bits per heavy atom. The molecule has 2 unspecified atom stereocenters. The van der Waals surface area contributed by atoms with Crippen molar-refractivity contribution >= 4 is 29.9 Å².